The second kappa shape index (κ2) is 11.5. The number of hydrogen-bond acceptors (Lipinski definition) is 4. The minimum atomic E-state index is -0.176. The van der Waals surface area contributed by atoms with E-state index in [9.17, 15) is 0 Å². The van der Waals surface area contributed by atoms with Gasteiger partial charge in [0.25, 0.3) is 0 Å². The van der Waals surface area contributed by atoms with Crippen molar-refractivity contribution in [2.45, 2.75) is 19.3 Å². The second-order valence-corrected chi connectivity index (χ2v) is 13.1. The van der Waals surface area contributed by atoms with E-state index in [0.717, 1.165) is 39.1 Å². The molecule has 2 aromatic heterocycles. The quantitative estimate of drug-likeness (QED) is 0.190. The van der Waals surface area contributed by atoms with Crippen molar-refractivity contribution in [3.05, 3.63) is 169 Å². The van der Waals surface area contributed by atoms with Crippen molar-refractivity contribution < 1.29 is 0 Å². The fourth-order valence-electron chi connectivity index (χ4n) is 7.18. The molecule has 2 heterocycles. The van der Waals surface area contributed by atoms with Gasteiger partial charge in [-0.1, -0.05) is 141 Å². The summed E-state index contributed by atoms with van der Waals surface area (Å²) < 4.78 is 0. The zero-order valence-corrected chi connectivity index (χ0v) is 27.3. The molecule has 0 unspecified atom stereocenters. The van der Waals surface area contributed by atoms with E-state index in [4.69, 9.17) is 19.9 Å². The third-order valence-corrected chi connectivity index (χ3v) is 9.78. The molecular formula is C45H32N4. The normalized spacial score (nSPS) is 12.9. The summed E-state index contributed by atoms with van der Waals surface area (Å²) in [6, 6.07) is 53.0. The number of rotatable bonds is 5. The highest BCUT2D eigenvalue weighted by Crippen LogP contribution is 2.52. The van der Waals surface area contributed by atoms with Crippen LogP contribution in [0.25, 0.3) is 78.4 Å². The molecular weight excluding hydrogens is 597 g/mol. The fourth-order valence-corrected chi connectivity index (χ4v) is 7.18. The van der Waals surface area contributed by atoms with Gasteiger partial charge in [0.2, 0.25) is 0 Å². The van der Waals surface area contributed by atoms with Crippen LogP contribution in [0.3, 0.4) is 0 Å². The van der Waals surface area contributed by atoms with Gasteiger partial charge in [-0.25, -0.2) is 15.0 Å². The Kier molecular flexibility index (Phi) is 6.77. The van der Waals surface area contributed by atoms with E-state index in [0.29, 0.717) is 17.5 Å². The van der Waals surface area contributed by atoms with Crippen LogP contribution < -0.4 is 0 Å². The number of pyridine rings is 1. The molecule has 0 spiro atoms. The van der Waals surface area contributed by atoms with Crippen LogP contribution in [0, 0.1) is 0 Å². The molecule has 9 rings (SSSR count). The minimum Gasteiger partial charge on any atom is -0.255 e. The highest BCUT2D eigenvalue weighted by Gasteiger charge is 2.36. The van der Waals surface area contributed by atoms with Gasteiger partial charge in [0, 0.05) is 33.9 Å². The average Bonchev–Trinajstić information content (AvgIpc) is 3.41. The molecule has 1 aliphatic rings. The van der Waals surface area contributed by atoms with E-state index in [1.807, 2.05) is 42.6 Å². The monoisotopic (exact) mass is 628 g/mol. The maximum absolute atomic E-state index is 5.13. The molecule has 0 saturated heterocycles. The number of nitrogens with zero attached hydrogens (tertiary/aromatic N) is 4. The molecule has 0 fully saturated rings. The van der Waals surface area contributed by atoms with Crippen LogP contribution in [-0.2, 0) is 5.41 Å². The van der Waals surface area contributed by atoms with Gasteiger partial charge in [-0.3, -0.25) is 4.98 Å². The summed E-state index contributed by atoms with van der Waals surface area (Å²) in [6.45, 7) is 4.63. The lowest BCUT2D eigenvalue weighted by Crippen LogP contribution is -2.15. The number of fused-ring (bicyclic) bond motifs is 5. The van der Waals surface area contributed by atoms with Gasteiger partial charge < -0.3 is 0 Å². The average molecular weight is 629 g/mol. The summed E-state index contributed by atoms with van der Waals surface area (Å²) in [6.07, 6.45) is 1.86. The number of hydrogen-bond donors (Lipinski definition) is 0. The molecule has 232 valence electrons. The molecule has 0 aliphatic heterocycles. The molecule has 1 aliphatic carbocycles. The predicted molar refractivity (Wildman–Crippen MR) is 200 cm³/mol. The summed E-state index contributed by atoms with van der Waals surface area (Å²) >= 11 is 0. The summed E-state index contributed by atoms with van der Waals surface area (Å²) in [5.74, 6) is 1.85. The lowest BCUT2D eigenvalue weighted by Gasteiger charge is -2.22. The predicted octanol–water partition coefficient (Wildman–Crippen LogP) is 11.1. The first-order valence-corrected chi connectivity index (χ1v) is 16.6. The number of benzene rings is 6. The standard InChI is InChI=1S/C45H32N4/c1-45(2)38-24-21-30-14-9-10-19-36(30)41(38)37-23-20-34(27-39(37)45)43-47-42(33-18-11-17-32(26-33)29-12-5-3-6-13-29)48-44(49-43)35-22-25-40(46-28-35)31-15-7-4-8-16-31/h3-28H,1-2H3. The molecule has 0 bridgehead atoms. The minimum absolute atomic E-state index is 0.176. The van der Waals surface area contributed by atoms with Gasteiger partial charge in [0.05, 0.1) is 5.69 Å². The van der Waals surface area contributed by atoms with Crippen molar-refractivity contribution in [1.29, 1.82) is 0 Å². The highest BCUT2D eigenvalue weighted by molar-refractivity contribution is 6.02. The zero-order chi connectivity index (χ0) is 33.0. The van der Waals surface area contributed by atoms with Gasteiger partial charge in [-0.2, -0.15) is 0 Å². The molecule has 0 N–H and O–H groups in total. The molecule has 4 heteroatoms. The van der Waals surface area contributed by atoms with Gasteiger partial charge in [-0.15, -0.1) is 0 Å². The second-order valence-electron chi connectivity index (χ2n) is 13.1. The van der Waals surface area contributed by atoms with E-state index in [-0.39, 0.29) is 5.41 Å². The summed E-state index contributed by atoms with van der Waals surface area (Å²) in [5, 5.41) is 2.54. The zero-order valence-electron chi connectivity index (χ0n) is 27.3. The molecule has 0 radical (unpaired) electrons. The summed E-state index contributed by atoms with van der Waals surface area (Å²) in [5.41, 5.74) is 12.0. The Balaban J connectivity index is 1.19. The van der Waals surface area contributed by atoms with E-state index in [1.165, 1.54) is 33.0 Å². The number of aromatic nitrogens is 4. The maximum atomic E-state index is 5.13. The Morgan fingerprint density at radius 2 is 1.04 bits per heavy atom. The third-order valence-electron chi connectivity index (χ3n) is 9.78. The van der Waals surface area contributed by atoms with Gasteiger partial charge >= 0.3 is 0 Å². The molecule has 49 heavy (non-hydrogen) atoms. The Labute approximate surface area is 285 Å². The highest BCUT2D eigenvalue weighted by atomic mass is 15.0. The smallest absolute Gasteiger partial charge is 0.165 e. The SMILES string of the molecule is CC1(C)c2cc(-c3nc(-c4ccc(-c5ccccc5)nc4)nc(-c4cccc(-c5ccccc5)c4)n3)ccc2-c2c1ccc1ccccc21. The van der Waals surface area contributed by atoms with Crippen LogP contribution in [-0.4, -0.2) is 19.9 Å². The molecule has 6 aromatic carbocycles. The fraction of sp³-hybridized carbons (Fsp3) is 0.0667. The van der Waals surface area contributed by atoms with E-state index in [2.05, 4.69) is 129 Å². The van der Waals surface area contributed by atoms with Crippen molar-refractivity contribution >= 4 is 10.8 Å². The Morgan fingerprint density at radius 3 is 1.78 bits per heavy atom. The molecule has 0 atom stereocenters. The van der Waals surface area contributed by atoms with Gasteiger partial charge in [0.1, 0.15) is 0 Å². The first-order valence-electron chi connectivity index (χ1n) is 16.6. The topological polar surface area (TPSA) is 51.6 Å². The van der Waals surface area contributed by atoms with Gasteiger partial charge in [0.15, 0.2) is 17.5 Å². The van der Waals surface area contributed by atoms with Crippen LogP contribution in [0.2, 0.25) is 0 Å². The maximum Gasteiger partial charge on any atom is 0.165 e. The van der Waals surface area contributed by atoms with Crippen molar-refractivity contribution in [2.24, 2.45) is 0 Å². The Hall–Kier alpha value is -6.26. The lowest BCUT2D eigenvalue weighted by atomic mass is 9.81. The largest absolute Gasteiger partial charge is 0.255 e. The van der Waals surface area contributed by atoms with Crippen LogP contribution in [0.15, 0.2) is 158 Å². The Bertz CT molecular complexity index is 2500. The van der Waals surface area contributed by atoms with Crippen molar-refractivity contribution in [2.75, 3.05) is 0 Å². The lowest BCUT2D eigenvalue weighted by molar-refractivity contribution is 0.661. The Morgan fingerprint density at radius 1 is 0.429 bits per heavy atom. The van der Waals surface area contributed by atoms with Crippen molar-refractivity contribution in [3.63, 3.8) is 0 Å². The first kappa shape index (κ1) is 28.9. The first-order chi connectivity index (χ1) is 24.0. The van der Waals surface area contributed by atoms with Crippen molar-refractivity contribution in [3.8, 4) is 67.7 Å². The van der Waals surface area contributed by atoms with Crippen molar-refractivity contribution in [1.82, 2.24) is 19.9 Å². The summed E-state index contributed by atoms with van der Waals surface area (Å²) in [4.78, 5) is 20.1. The van der Waals surface area contributed by atoms with Gasteiger partial charge in [-0.05, 0) is 68.4 Å². The summed E-state index contributed by atoms with van der Waals surface area (Å²) in [7, 11) is 0. The van der Waals surface area contributed by atoms with Crippen LogP contribution in [0.5, 0.6) is 0 Å². The molecule has 8 aromatic rings. The van der Waals surface area contributed by atoms with E-state index in [1.54, 1.807) is 0 Å². The third kappa shape index (κ3) is 5.01. The molecule has 0 amide bonds. The molecule has 4 nitrogen and oxygen atoms in total. The van der Waals surface area contributed by atoms with Crippen LogP contribution in [0.4, 0.5) is 0 Å². The van der Waals surface area contributed by atoms with E-state index >= 15 is 0 Å². The molecule has 0 saturated carbocycles. The van der Waals surface area contributed by atoms with Crippen LogP contribution in [0.1, 0.15) is 25.0 Å². The van der Waals surface area contributed by atoms with E-state index < -0.39 is 0 Å². The van der Waals surface area contributed by atoms with Crippen LogP contribution >= 0.6 is 0 Å².